The molecule has 0 radical (unpaired) electrons. The lowest BCUT2D eigenvalue weighted by molar-refractivity contribution is -0.130. The monoisotopic (exact) mass is 346 g/mol. The van der Waals surface area contributed by atoms with Crippen LogP contribution in [0.25, 0.3) is 0 Å². The highest BCUT2D eigenvalue weighted by Gasteiger charge is 2.29. The number of ether oxygens (including phenoxy) is 1. The van der Waals surface area contributed by atoms with Crippen LogP contribution >= 0.6 is 0 Å². The van der Waals surface area contributed by atoms with Gasteiger partial charge in [0.2, 0.25) is 11.8 Å². The third kappa shape index (κ3) is 5.76. The fourth-order valence-electron chi connectivity index (χ4n) is 3.24. The Balaban J connectivity index is 1.76. The van der Waals surface area contributed by atoms with Gasteiger partial charge in [-0.05, 0) is 37.7 Å². The van der Waals surface area contributed by atoms with E-state index in [1.165, 1.54) is 0 Å². The molecule has 138 valence electrons. The zero-order valence-electron chi connectivity index (χ0n) is 15.5. The van der Waals surface area contributed by atoms with E-state index in [0.29, 0.717) is 12.5 Å². The molecule has 1 fully saturated rings. The molecule has 25 heavy (non-hydrogen) atoms. The van der Waals surface area contributed by atoms with E-state index in [1.54, 1.807) is 7.11 Å². The van der Waals surface area contributed by atoms with Gasteiger partial charge in [-0.3, -0.25) is 9.59 Å². The van der Waals surface area contributed by atoms with Crippen LogP contribution in [0.1, 0.15) is 45.1 Å². The number of rotatable bonds is 7. The van der Waals surface area contributed by atoms with Crippen LogP contribution in [0.2, 0.25) is 0 Å². The van der Waals surface area contributed by atoms with Crippen molar-refractivity contribution in [2.75, 3.05) is 13.7 Å². The summed E-state index contributed by atoms with van der Waals surface area (Å²) in [7, 11) is 1.63. The van der Waals surface area contributed by atoms with E-state index < -0.39 is 0 Å². The molecule has 0 atom stereocenters. The van der Waals surface area contributed by atoms with Gasteiger partial charge in [-0.1, -0.05) is 32.0 Å². The lowest BCUT2D eigenvalue weighted by Gasteiger charge is -2.27. The highest BCUT2D eigenvalue weighted by molar-refractivity contribution is 5.81. The number of hydrogen-bond acceptors (Lipinski definition) is 3. The average molecular weight is 346 g/mol. The Morgan fingerprint density at radius 2 is 1.60 bits per heavy atom. The molecule has 0 saturated heterocycles. The van der Waals surface area contributed by atoms with Crippen LogP contribution in [0.4, 0.5) is 0 Å². The molecule has 0 aliphatic heterocycles. The topological polar surface area (TPSA) is 67.4 Å². The van der Waals surface area contributed by atoms with Gasteiger partial charge in [-0.25, -0.2) is 0 Å². The van der Waals surface area contributed by atoms with Crippen molar-refractivity contribution in [3.8, 4) is 5.75 Å². The maximum Gasteiger partial charge on any atom is 0.223 e. The zero-order valence-corrected chi connectivity index (χ0v) is 15.5. The van der Waals surface area contributed by atoms with Crippen LogP contribution in [-0.2, 0) is 16.1 Å². The van der Waals surface area contributed by atoms with Crippen molar-refractivity contribution in [2.45, 2.75) is 46.1 Å². The van der Waals surface area contributed by atoms with Crippen molar-refractivity contribution in [2.24, 2.45) is 17.8 Å². The lowest BCUT2D eigenvalue weighted by Crippen LogP contribution is -2.38. The summed E-state index contributed by atoms with van der Waals surface area (Å²) in [5.74, 6) is 1.52. The number of hydrogen-bond donors (Lipinski definition) is 2. The molecule has 0 aromatic heterocycles. The molecule has 1 aromatic rings. The molecular formula is C20H30N2O3. The lowest BCUT2D eigenvalue weighted by atomic mass is 9.81. The minimum Gasteiger partial charge on any atom is -0.496 e. The number of nitrogens with one attached hydrogen (secondary N) is 2. The van der Waals surface area contributed by atoms with E-state index >= 15 is 0 Å². The largest absolute Gasteiger partial charge is 0.496 e. The molecule has 0 spiro atoms. The second kappa shape index (κ2) is 9.44. The van der Waals surface area contributed by atoms with Crippen LogP contribution in [0.3, 0.4) is 0 Å². The number of amides is 2. The van der Waals surface area contributed by atoms with Crippen LogP contribution in [0.5, 0.6) is 5.75 Å². The molecule has 2 N–H and O–H groups in total. The van der Waals surface area contributed by atoms with Crippen molar-refractivity contribution < 1.29 is 14.3 Å². The predicted molar refractivity (Wildman–Crippen MR) is 98.1 cm³/mol. The van der Waals surface area contributed by atoms with Gasteiger partial charge in [0.05, 0.1) is 7.11 Å². The predicted octanol–water partition coefficient (Wildman–Crippen LogP) is 2.89. The van der Waals surface area contributed by atoms with Crippen molar-refractivity contribution in [1.29, 1.82) is 0 Å². The third-order valence-electron chi connectivity index (χ3n) is 4.80. The first-order valence-corrected chi connectivity index (χ1v) is 9.18. The van der Waals surface area contributed by atoms with Crippen molar-refractivity contribution in [1.82, 2.24) is 10.6 Å². The summed E-state index contributed by atoms with van der Waals surface area (Å²) in [5, 5.41) is 6.01. The first kappa shape index (κ1) is 19.3. The second-order valence-corrected chi connectivity index (χ2v) is 7.22. The van der Waals surface area contributed by atoms with Gasteiger partial charge in [0.1, 0.15) is 5.75 Å². The second-order valence-electron chi connectivity index (χ2n) is 7.22. The van der Waals surface area contributed by atoms with Gasteiger partial charge in [-0.2, -0.15) is 0 Å². The van der Waals surface area contributed by atoms with Crippen molar-refractivity contribution >= 4 is 11.8 Å². The minimum atomic E-state index is 0.00357. The molecule has 1 aliphatic rings. The van der Waals surface area contributed by atoms with E-state index in [0.717, 1.165) is 43.5 Å². The molecule has 2 amide bonds. The number of para-hydroxylation sites is 1. The van der Waals surface area contributed by atoms with Gasteiger partial charge < -0.3 is 15.4 Å². The van der Waals surface area contributed by atoms with Crippen molar-refractivity contribution in [3.05, 3.63) is 29.8 Å². The van der Waals surface area contributed by atoms with Gasteiger partial charge in [-0.15, -0.1) is 0 Å². The van der Waals surface area contributed by atoms with Crippen LogP contribution in [-0.4, -0.2) is 25.5 Å². The number of methoxy groups -OCH3 is 1. The Morgan fingerprint density at radius 1 is 1.04 bits per heavy atom. The number of carbonyl (C=O) groups is 2. The summed E-state index contributed by atoms with van der Waals surface area (Å²) >= 11 is 0. The molecule has 1 aromatic carbocycles. The van der Waals surface area contributed by atoms with Crippen molar-refractivity contribution in [3.63, 3.8) is 0 Å². The summed E-state index contributed by atoms with van der Waals surface area (Å²) in [5.41, 5.74) is 0.972. The molecular weight excluding hydrogens is 316 g/mol. The van der Waals surface area contributed by atoms with Gasteiger partial charge in [0.15, 0.2) is 0 Å². The first-order chi connectivity index (χ1) is 12.0. The van der Waals surface area contributed by atoms with Crippen LogP contribution < -0.4 is 15.4 Å². The van der Waals surface area contributed by atoms with Gasteiger partial charge in [0.25, 0.3) is 0 Å². The van der Waals surface area contributed by atoms with Gasteiger partial charge >= 0.3 is 0 Å². The van der Waals surface area contributed by atoms with E-state index in [2.05, 4.69) is 24.5 Å². The summed E-state index contributed by atoms with van der Waals surface area (Å²) in [4.78, 5) is 24.5. The fraction of sp³-hybridized carbons (Fsp3) is 0.600. The quantitative estimate of drug-likeness (QED) is 0.798. The van der Waals surface area contributed by atoms with E-state index in [1.807, 2.05) is 24.3 Å². The summed E-state index contributed by atoms with van der Waals surface area (Å²) < 4.78 is 5.31. The molecule has 0 unspecified atom stereocenters. The highest BCUT2D eigenvalue weighted by atomic mass is 16.5. The molecule has 5 heteroatoms. The number of benzene rings is 1. The molecule has 1 saturated carbocycles. The maximum absolute atomic E-state index is 12.4. The highest BCUT2D eigenvalue weighted by Crippen LogP contribution is 2.29. The Morgan fingerprint density at radius 3 is 2.16 bits per heavy atom. The third-order valence-corrected chi connectivity index (χ3v) is 4.80. The summed E-state index contributed by atoms with van der Waals surface area (Å²) in [6.45, 7) is 5.36. The average Bonchev–Trinajstić information content (AvgIpc) is 2.64. The molecule has 2 rings (SSSR count). The van der Waals surface area contributed by atoms with Gasteiger partial charge in [0, 0.05) is 30.5 Å². The summed E-state index contributed by atoms with van der Waals surface area (Å²) in [6, 6.07) is 7.69. The molecule has 0 heterocycles. The first-order valence-electron chi connectivity index (χ1n) is 9.18. The fourth-order valence-corrected chi connectivity index (χ4v) is 3.24. The Hall–Kier alpha value is -2.04. The molecule has 1 aliphatic carbocycles. The Bertz CT molecular complexity index is 578. The minimum absolute atomic E-state index is 0.00357. The Kier molecular flexibility index (Phi) is 7.29. The smallest absolute Gasteiger partial charge is 0.223 e. The molecule has 0 bridgehead atoms. The van der Waals surface area contributed by atoms with E-state index in [9.17, 15) is 9.59 Å². The SMILES string of the molecule is COc1ccccc1CNC(=O)C1CCC(C(=O)NCC(C)C)CC1. The van der Waals surface area contributed by atoms with E-state index in [4.69, 9.17) is 4.74 Å². The maximum atomic E-state index is 12.4. The van der Waals surface area contributed by atoms with Crippen LogP contribution in [0.15, 0.2) is 24.3 Å². The normalized spacial score (nSPS) is 20.2. The Labute approximate surface area is 150 Å². The molecule has 5 nitrogen and oxygen atoms in total. The standard InChI is InChI=1S/C20H30N2O3/c1-14(2)12-21-19(23)15-8-10-16(11-9-15)20(24)22-13-17-6-4-5-7-18(17)25-3/h4-7,14-16H,8-13H2,1-3H3,(H,21,23)(H,22,24). The summed E-state index contributed by atoms with van der Waals surface area (Å²) in [6.07, 6.45) is 3.13. The number of carbonyl (C=O) groups excluding carboxylic acids is 2. The van der Waals surface area contributed by atoms with Crippen LogP contribution in [0, 0.1) is 17.8 Å². The zero-order chi connectivity index (χ0) is 18.2. The van der Waals surface area contributed by atoms with E-state index in [-0.39, 0.29) is 23.7 Å².